The number of rotatable bonds is 3. The van der Waals surface area contributed by atoms with E-state index in [1.165, 1.54) is 0 Å². The number of aliphatic hydroxyl groups excluding tert-OH is 1. The third kappa shape index (κ3) is 6.09. The average molecular weight is 154 g/mol. The monoisotopic (exact) mass is 153 g/mol. The maximum Gasteiger partial charge on any atom is 0.0445 e. The molecule has 0 aliphatic carbocycles. The van der Waals surface area contributed by atoms with Gasteiger partial charge in [0.05, 0.1) is 0 Å². The second-order valence-electron chi connectivity index (χ2n) is 2.42. The van der Waals surface area contributed by atoms with E-state index < -0.39 is 0 Å². The molecule has 3 heteroatoms. The third-order valence-corrected chi connectivity index (χ3v) is 1.32. The number of nitrogens with two attached hydrogens (primary N) is 1. The van der Waals surface area contributed by atoms with Crippen LogP contribution in [-0.2, 0) is 0 Å². The van der Waals surface area contributed by atoms with Gasteiger partial charge >= 0.3 is 0 Å². The molecule has 0 aliphatic rings. The summed E-state index contributed by atoms with van der Waals surface area (Å²) in [6, 6.07) is 0.167. The van der Waals surface area contributed by atoms with Gasteiger partial charge in [0.25, 0.3) is 0 Å². The summed E-state index contributed by atoms with van der Waals surface area (Å²) in [5.41, 5.74) is 5.57. The maximum atomic E-state index is 8.41. The van der Waals surface area contributed by atoms with Gasteiger partial charge in [-0.3, -0.25) is 0 Å². The van der Waals surface area contributed by atoms with Crippen molar-refractivity contribution in [3.63, 3.8) is 0 Å². The van der Waals surface area contributed by atoms with Gasteiger partial charge in [0.1, 0.15) is 0 Å². The predicted molar refractivity (Wildman–Crippen MR) is 41.8 cm³/mol. The van der Waals surface area contributed by atoms with Crippen LogP contribution >= 0.6 is 12.4 Å². The molecule has 0 radical (unpaired) electrons. The van der Waals surface area contributed by atoms with Gasteiger partial charge in [-0.15, -0.1) is 12.4 Å². The Bertz CT molecular complexity index is 59.0. The van der Waals surface area contributed by atoms with Crippen molar-refractivity contribution < 1.29 is 5.11 Å². The van der Waals surface area contributed by atoms with Crippen molar-refractivity contribution in [2.24, 2.45) is 11.7 Å². The fourth-order valence-corrected chi connectivity index (χ4v) is 0.482. The molecule has 0 aliphatic heterocycles. The molecule has 0 aromatic heterocycles. The van der Waals surface area contributed by atoms with Gasteiger partial charge in [0, 0.05) is 12.6 Å². The van der Waals surface area contributed by atoms with E-state index in [9.17, 15) is 0 Å². The highest BCUT2D eigenvalue weighted by Gasteiger charge is 2.04. The van der Waals surface area contributed by atoms with Crippen molar-refractivity contribution in [2.45, 2.75) is 26.3 Å². The zero-order valence-corrected chi connectivity index (χ0v) is 6.82. The Morgan fingerprint density at radius 2 is 1.89 bits per heavy atom. The molecule has 58 valence electrons. The zero-order chi connectivity index (χ0) is 6.57. The van der Waals surface area contributed by atoms with Crippen LogP contribution in [0.3, 0.4) is 0 Å². The first kappa shape index (κ1) is 11.9. The first-order valence-electron chi connectivity index (χ1n) is 3.05. The van der Waals surface area contributed by atoms with E-state index in [0.717, 1.165) is 6.42 Å². The van der Waals surface area contributed by atoms with Crippen molar-refractivity contribution in [3.8, 4) is 0 Å². The second kappa shape index (κ2) is 6.33. The molecule has 0 saturated heterocycles. The van der Waals surface area contributed by atoms with E-state index in [1.54, 1.807) is 0 Å². The smallest absolute Gasteiger partial charge is 0.0445 e. The van der Waals surface area contributed by atoms with Crippen molar-refractivity contribution in [1.82, 2.24) is 0 Å². The SMILES string of the molecule is CC(C)[C@H](N)CCO.Cl. The molecule has 0 aromatic carbocycles. The standard InChI is InChI=1S/C6H15NO.ClH/c1-5(2)6(7)3-4-8;/h5-6,8H,3-4,7H2,1-2H3;1H/t6-;/m1./s1. The van der Waals surface area contributed by atoms with Crippen molar-refractivity contribution in [2.75, 3.05) is 6.61 Å². The highest BCUT2D eigenvalue weighted by atomic mass is 35.5. The molecule has 0 bridgehead atoms. The van der Waals surface area contributed by atoms with Crippen LogP contribution in [-0.4, -0.2) is 17.8 Å². The number of aliphatic hydroxyl groups is 1. The predicted octanol–water partition coefficient (Wildman–Crippen LogP) is 0.774. The first-order valence-corrected chi connectivity index (χ1v) is 3.05. The lowest BCUT2D eigenvalue weighted by Gasteiger charge is -2.12. The Morgan fingerprint density at radius 3 is 2.00 bits per heavy atom. The van der Waals surface area contributed by atoms with Crippen LogP contribution in [0, 0.1) is 5.92 Å². The minimum Gasteiger partial charge on any atom is -0.396 e. The molecular weight excluding hydrogens is 138 g/mol. The first-order chi connectivity index (χ1) is 3.68. The topological polar surface area (TPSA) is 46.2 Å². The van der Waals surface area contributed by atoms with E-state index in [0.29, 0.717) is 5.92 Å². The molecule has 0 unspecified atom stereocenters. The Hall–Kier alpha value is 0.210. The minimum atomic E-state index is 0. The fourth-order valence-electron chi connectivity index (χ4n) is 0.482. The van der Waals surface area contributed by atoms with Crippen molar-refractivity contribution in [1.29, 1.82) is 0 Å². The van der Waals surface area contributed by atoms with Crippen LogP contribution < -0.4 is 5.73 Å². The van der Waals surface area contributed by atoms with Crippen LogP contribution in [0.4, 0.5) is 0 Å². The molecule has 1 atom stereocenters. The summed E-state index contributed by atoms with van der Waals surface area (Å²) in [5.74, 6) is 0.488. The molecule has 3 N–H and O–H groups in total. The Kier molecular flexibility index (Phi) is 8.40. The highest BCUT2D eigenvalue weighted by Crippen LogP contribution is 2.00. The number of hydrogen-bond acceptors (Lipinski definition) is 2. The van der Waals surface area contributed by atoms with Crippen molar-refractivity contribution >= 4 is 12.4 Å². The van der Waals surface area contributed by atoms with Gasteiger partial charge in [-0.05, 0) is 12.3 Å². The van der Waals surface area contributed by atoms with Crippen LogP contribution in [0.2, 0.25) is 0 Å². The quantitative estimate of drug-likeness (QED) is 0.630. The second-order valence-corrected chi connectivity index (χ2v) is 2.42. The molecule has 0 heterocycles. The fraction of sp³-hybridized carbons (Fsp3) is 1.00. The molecule has 0 rings (SSSR count). The minimum absolute atomic E-state index is 0. The summed E-state index contributed by atoms with van der Waals surface area (Å²) in [7, 11) is 0. The lowest BCUT2D eigenvalue weighted by Crippen LogP contribution is -2.27. The largest absolute Gasteiger partial charge is 0.396 e. The van der Waals surface area contributed by atoms with E-state index >= 15 is 0 Å². The Labute approximate surface area is 62.9 Å². The molecule has 0 aromatic rings. The van der Waals surface area contributed by atoms with E-state index in [-0.39, 0.29) is 25.1 Å². The summed E-state index contributed by atoms with van der Waals surface area (Å²) in [4.78, 5) is 0. The average Bonchev–Trinajstić information content (AvgIpc) is 1.67. The van der Waals surface area contributed by atoms with E-state index in [1.807, 2.05) is 0 Å². The third-order valence-electron chi connectivity index (χ3n) is 1.32. The Morgan fingerprint density at radius 1 is 1.44 bits per heavy atom. The summed E-state index contributed by atoms with van der Waals surface area (Å²) in [6.45, 7) is 4.32. The van der Waals surface area contributed by atoms with Gasteiger partial charge in [0.15, 0.2) is 0 Å². The van der Waals surface area contributed by atoms with Crippen LogP contribution in [0.15, 0.2) is 0 Å². The summed E-state index contributed by atoms with van der Waals surface area (Å²) in [5, 5.41) is 8.41. The normalized spacial score (nSPS) is 13.0. The highest BCUT2D eigenvalue weighted by molar-refractivity contribution is 5.85. The van der Waals surface area contributed by atoms with Gasteiger partial charge in [-0.2, -0.15) is 0 Å². The number of hydrogen-bond donors (Lipinski definition) is 2. The van der Waals surface area contributed by atoms with Gasteiger partial charge in [0.2, 0.25) is 0 Å². The van der Waals surface area contributed by atoms with Crippen molar-refractivity contribution in [3.05, 3.63) is 0 Å². The van der Waals surface area contributed by atoms with E-state index in [2.05, 4.69) is 13.8 Å². The van der Waals surface area contributed by atoms with Crippen LogP contribution in [0.25, 0.3) is 0 Å². The van der Waals surface area contributed by atoms with Crippen LogP contribution in [0.1, 0.15) is 20.3 Å². The molecule has 9 heavy (non-hydrogen) atoms. The van der Waals surface area contributed by atoms with Crippen LogP contribution in [0.5, 0.6) is 0 Å². The molecule has 0 spiro atoms. The Balaban J connectivity index is 0. The zero-order valence-electron chi connectivity index (χ0n) is 6.00. The molecule has 0 fully saturated rings. The van der Waals surface area contributed by atoms with Gasteiger partial charge in [-0.1, -0.05) is 13.8 Å². The molecule has 0 amide bonds. The number of halogens is 1. The molecular formula is C6H16ClNO. The van der Waals surface area contributed by atoms with Gasteiger partial charge < -0.3 is 10.8 Å². The summed E-state index contributed by atoms with van der Waals surface area (Å²) >= 11 is 0. The molecule has 0 saturated carbocycles. The summed E-state index contributed by atoms with van der Waals surface area (Å²) in [6.07, 6.45) is 0.720. The van der Waals surface area contributed by atoms with Gasteiger partial charge in [-0.25, -0.2) is 0 Å². The summed E-state index contributed by atoms with van der Waals surface area (Å²) < 4.78 is 0. The van der Waals surface area contributed by atoms with E-state index in [4.69, 9.17) is 10.8 Å². The lowest BCUT2D eigenvalue weighted by atomic mass is 10.0. The molecule has 2 nitrogen and oxygen atoms in total. The maximum absolute atomic E-state index is 8.41. The lowest BCUT2D eigenvalue weighted by molar-refractivity contribution is 0.262.